The van der Waals surface area contributed by atoms with Crippen LogP contribution in [0.5, 0.6) is 0 Å². The zero-order valence-electron chi connectivity index (χ0n) is 19.2. The lowest BCUT2D eigenvalue weighted by Gasteiger charge is -2.35. The van der Waals surface area contributed by atoms with E-state index in [9.17, 15) is 19.6 Å². The molecule has 5 atom stereocenters. The number of rotatable bonds is 8. The molecule has 2 aliphatic rings. The fourth-order valence-electron chi connectivity index (χ4n) is 4.08. The first-order chi connectivity index (χ1) is 15.7. The Morgan fingerprint density at radius 2 is 2.09 bits per heavy atom. The third-order valence-electron chi connectivity index (χ3n) is 5.93. The van der Waals surface area contributed by atoms with E-state index in [0.29, 0.717) is 6.54 Å². The molecule has 33 heavy (non-hydrogen) atoms. The fourth-order valence-corrected chi connectivity index (χ4v) is 5.91. The summed E-state index contributed by atoms with van der Waals surface area (Å²) in [5.74, 6) is 0.478. The number of nitrogens with zero attached hydrogens (tertiary/aromatic N) is 3. The van der Waals surface area contributed by atoms with Crippen molar-refractivity contribution in [2.45, 2.75) is 37.4 Å². The van der Waals surface area contributed by atoms with Crippen LogP contribution in [0.15, 0.2) is 24.3 Å². The van der Waals surface area contributed by atoms with Crippen molar-refractivity contribution in [1.29, 1.82) is 5.26 Å². The van der Waals surface area contributed by atoms with Crippen LogP contribution in [0.25, 0.3) is 0 Å². The van der Waals surface area contributed by atoms with Gasteiger partial charge in [-0.05, 0) is 25.1 Å². The summed E-state index contributed by atoms with van der Waals surface area (Å²) in [6.07, 6.45) is 5.21. The Morgan fingerprint density at radius 1 is 1.36 bits per heavy atom. The van der Waals surface area contributed by atoms with Gasteiger partial charge < -0.3 is 20.4 Å². The molecule has 0 bridgehead atoms. The molecular formula is C24H29N5O3S. The summed E-state index contributed by atoms with van der Waals surface area (Å²) in [7, 11) is 1.74. The summed E-state index contributed by atoms with van der Waals surface area (Å²) in [5, 5.41) is 15.0. The van der Waals surface area contributed by atoms with E-state index in [1.54, 1.807) is 16.8 Å². The molecule has 2 N–H and O–H groups in total. The number of anilines is 2. The third kappa shape index (κ3) is 4.94. The zero-order valence-corrected chi connectivity index (χ0v) is 20.1. The van der Waals surface area contributed by atoms with Gasteiger partial charge in [0.25, 0.3) is 0 Å². The minimum atomic E-state index is -1.01. The third-order valence-corrected chi connectivity index (χ3v) is 7.64. The van der Waals surface area contributed by atoms with E-state index in [1.165, 1.54) is 11.8 Å². The fraction of sp³-hybridized carbons (Fsp3) is 0.500. The normalized spacial score (nSPS) is 24.2. The molecule has 3 rings (SSSR count). The van der Waals surface area contributed by atoms with Crippen molar-refractivity contribution in [2.75, 3.05) is 30.4 Å². The highest BCUT2D eigenvalue weighted by molar-refractivity contribution is 8.01. The van der Waals surface area contributed by atoms with Gasteiger partial charge in [-0.1, -0.05) is 25.8 Å². The van der Waals surface area contributed by atoms with Crippen molar-refractivity contribution in [3.63, 3.8) is 0 Å². The van der Waals surface area contributed by atoms with Gasteiger partial charge >= 0.3 is 0 Å². The lowest BCUT2D eigenvalue weighted by molar-refractivity contribution is -0.135. The van der Waals surface area contributed by atoms with Crippen LogP contribution >= 0.6 is 11.8 Å². The number of terminal acetylenes is 1. The highest BCUT2D eigenvalue weighted by Crippen LogP contribution is 2.52. The second kappa shape index (κ2) is 10.2. The predicted octanol–water partition coefficient (Wildman–Crippen LogP) is 1.89. The van der Waals surface area contributed by atoms with Crippen molar-refractivity contribution in [3.05, 3.63) is 24.3 Å². The molecule has 1 aromatic rings. The molecule has 1 heterocycles. The summed E-state index contributed by atoms with van der Waals surface area (Å²) in [5.41, 5.74) is 1.58. The summed E-state index contributed by atoms with van der Waals surface area (Å²) in [6.45, 7) is 6.00. The lowest BCUT2D eigenvalue weighted by Crippen LogP contribution is -2.50. The Labute approximate surface area is 199 Å². The predicted molar refractivity (Wildman–Crippen MR) is 129 cm³/mol. The van der Waals surface area contributed by atoms with Crippen molar-refractivity contribution < 1.29 is 14.4 Å². The molecule has 1 saturated heterocycles. The van der Waals surface area contributed by atoms with Crippen LogP contribution in [0, 0.1) is 41.4 Å². The highest BCUT2D eigenvalue weighted by atomic mass is 32.2. The van der Waals surface area contributed by atoms with Gasteiger partial charge in [0, 0.05) is 36.1 Å². The molecule has 9 heteroatoms. The number of hydrogen-bond acceptors (Lipinski definition) is 6. The number of amides is 3. The second-order valence-corrected chi connectivity index (χ2v) is 9.74. The van der Waals surface area contributed by atoms with E-state index in [1.807, 2.05) is 45.0 Å². The van der Waals surface area contributed by atoms with Gasteiger partial charge in [-0.2, -0.15) is 5.26 Å². The Balaban J connectivity index is 1.74. The van der Waals surface area contributed by atoms with Gasteiger partial charge in [0.05, 0.1) is 24.6 Å². The molecule has 1 saturated carbocycles. The van der Waals surface area contributed by atoms with Gasteiger partial charge in [-0.3, -0.25) is 14.4 Å². The van der Waals surface area contributed by atoms with E-state index in [-0.39, 0.29) is 41.5 Å². The Kier molecular flexibility index (Phi) is 7.55. The lowest BCUT2D eigenvalue weighted by atomic mass is 10.1. The van der Waals surface area contributed by atoms with Crippen molar-refractivity contribution in [3.8, 4) is 18.4 Å². The minimum absolute atomic E-state index is 0.0186. The van der Waals surface area contributed by atoms with E-state index in [0.717, 1.165) is 11.4 Å². The van der Waals surface area contributed by atoms with E-state index in [4.69, 9.17) is 6.42 Å². The molecule has 0 aromatic heterocycles. The molecule has 1 aromatic carbocycles. The van der Waals surface area contributed by atoms with Crippen LogP contribution in [-0.2, 0) is 14.4 Å². The average molecular weight is 468 g/mol. The molecule has 5 unspecified atom stereocenters. The number of carbonyl (C=O) groups is 3. The van der Waals surface area contributed by atoms with Crippen LogP contribution in [0.2, 0.25) is 0 Å². The van der Waals surface area contributed by atoms with Crippen LogP contribution in [0.4, 0.5) is 11.4 Å². The maximum absolute atomic E-state index is 13.2. The van der Waals surface area contributed by atoms with Gasteiger partial charge in [-0.15, -0.1) is 18.2 Å². The number of benzene rings is 1. The molecule has 3 amide bonds. The van der Waals surface area contributed by atoms with Crippen molar-refractivity contribution in [2.24, 2.45) is 17.8 Å². The number of hydrogen-bond donors (Lipinski definition) is 2. The Morgan fingerprint density at radius 3 is 2.70 bits per heavy atom. The highest BCUT2D eigenvalue weighted by Gasteiger charge is 2.62. The van der Waals surface area contributed by atoms with Gasteiger partial charge in [0.1, 0.15) is 5.37 Å². The average Bonchev–Trinajstić information content (AvgIpc) is 3.49. The number of fused-ring (bicyclic) bond motifs is 1. The van der Waals surface area contributed by atoms with Crippen LogP contribution < -0.4 is 15.5 Å². The molecule has 2 fully saturated rings. The van der Waals surface area contributed by atoms with Crippen LogP contribution in [-0.4, -0.2) is 59.4 Å². The van der Waals surface area contributed by atoms with Gasteiger partial charge in [0.2, 0.25) is 17.7 Å². The van der Waals surface area contributed by atoms with Crippen LogP contribution in [0.1, 0.15) is 20.8 Å². The topological polar surface area (TPSA) is 106 Å². The second-order valence-electron chi connectivity index (χ2n) is 8.44. The number of nitriles is 1. The minimum Gasteiger partial charge on any atom is -0.380 e. The number of carbonyl (C=O) groups excluding carboxylic acids is 3. The smallest absolute Gasteiger partial charge is 0.241 e. The zero-order chi connectivity index (χ0) is 24.3. The monoisotopic (exact) mass is 467 g/mol. The van der Waals surface area contributed by atoms with E-state index in [2.05, 4.69) is 22.6 Å². The summed E-state index contributed by atoms with van der Waals surface area (Å²) in [4.78, 5) is 41.2. The summed E-state index contributed by atoms with van der Waals surface area (Å²) < 4.78 is 0. The molecule has 0 radical (unpaired) electrons. The molecule has 174 valence electrons. The SMILES string of the molecule is C#CCNC(=O)C(C#N)C1SC2C(Nc3cccc(N(C)C(=O)C(C)C)c3)C2C(=O)N1CC. The molecule has 1 aliphatic carbocycles. The molecular weight excluding hydrogens is 438 g/mol. The van der Waals surface area contributed by atoms with Gasteiger partial charge in [0.15, 0.2) is 5.92 Å². The quantitative estimate of drug-likeness (QED) is 0.566. The summed E-state index contributed by atoms with van der Waals surface area (Å²) in [6, 6.07) is 9.46. The largest absolute Gasteiger partial charge is 0.380 e. The number of thioether (sulfide) groups is 1. The first-order valence-corrected chi connectivity index (χ1v) is 11.9. The van der Waals surface area contributed by atoms with Crippen LogP contribution in [0.3, 0.4) is 0 Å². The van der Waals surface area contributed by atoms with Crippen molar-refractivity contribution in [1.82, 2.24) is 10.2 Å². The Bertz CT molecular complexity index is 1010. The molecule has 8 nitrogen and oxygen atoms in total. The first-order valence-electron chi connectivity index (χ1n) is 11.0. The van der Waals surface area contributed by atoms with Gasteiger partial charge in [-0.25, -0.2) is 0 Å². The first kappa shape index (κ1) is 24.5. The van der Waals surface area contributed by atoms with E-state index < -0.39 is 17.2 Å². The standard InChI is InChI=1S/C24H29N5O3S/c1-6-11-26-21(30)17(13-25)24-29(7-2)23(32)18-19(20(18)33-24)27-15-9-8-10-16(12-15)28(5)22(31)14(3)4/h1,8-10,12,14,17-20,24,27H,7,11H2,2-5H3,(H,26,30). The Hall–Kier alpha value is -3.17. The molecule has 0 spiro atoms. The van der Waals surface area contributed by atoms with E-state index >= 15 is 0 Å². The maximum Gasteiger partial charge on any atom is 0.241 e. The maximum atomic E-state index is 13.2. The molecule has 1 aliphatic heterocycles. The number of nitrogens with one attached hydrogen (secondary N) is 2. The van der Waals surface area contributed by atoms with Crippen molar-refractivity contribution >= 4 is 40.9 Å². The summed E-state index contributed by atoms with van der Waals surface area (Å²) >= 11 is 1.48.